The number of benzene rings is 1. The second kappa shape index (κ2) is 7.87. The highest BCUT2D eigenvalue weighted by Crippen LogP contribution is 2.40. The summed E-state index contributed by atoms with van der Waals surface area (Å²) in [4.78, 5) is 23.4. The van der Waals surface area contributed by atoms with E-state index in [1.807, 2.05) is 0 Å². The molecular weight excluding hydrogens is 320 g/mol. The van der Waals surface area contributed by atoms with Crippen LogP contribution in [0.5, 0.6) is 5.75 Å². The molecule has 1 unspecified atom stereocenters. The maximum atomic E-state index is 12.8. The quantitative estimate of drug-likeness (QED) is 0.578. The lowest BCUT2D eigenvalue weighted by Crippen LogP contribution is -2.58. The van der Waals surface area contributed by atoms with Crippen LogP contribution >= 0.6 is 0 Å². The van der Waals surface area contributed by atoms with Crippen LogP contribution in [-0.4, -0.2) is 36.7 Å². The van der Waals surface area contributed by atoms with Crippen molar-refractivity contribution in [2.24, 2.45) is 5.41 Å². The Morgan fingerprint density at radius 3 is 2.68 bits per heavy atom. The third kappa shape index (κ3) is 3.79. The maximum Gasteiger partial charge on any atom is 0.255 e. The van der Waals surface area contributed by atoms with Gasteiger partial charge in [-0.05, 0) is 25.0 Å². The summed E-state index contributed by atoms with van der Waals surface area (Å²) >= 11 is 0. The van der Waals surface area contributed by atoms with Gasteiger partial charge in [0.2, 0.25) is 6.41 Å². The lowest BCUT2D eigenvalue weighted by atomic mass is 9.73. The number of ether oxygens (including phenoxy) is 1. The van der Waals surface area contributed by atoms with Crippen LogP contribution in [0.4, 0.5) is 5.69 Å². The zero-order chi connectivity index (χ0) is 17.7. The minimum absolute atomic E-state index is 0.0221. The van der Waals surface area contributed by atoms with Crippen molar-refractivity contribution in [3.63, 3.8) is 0 Å². The molecule has 3 rings (SSSR count). The van der Waals surface area contributed by atoms with Crippen LogP contribution in [0.25, 0.3) is 0 Å². The van der Waals surface area contributed by atoms with Gasteiger partial charge in [0.05, 0.1) is 24.5 Å². The normalized spacial score (nSPS) is 22.8. The Morgan fingerprint density at radius 1 is 1.20 bits per heavy atom. The first kappa shape index (κ1) is 17.7. The average Bonchev–Trinajstić information content (AvgIpc) is 2.67. The lowest BCUT2D eigenvalue weighted by molar-refractivity contribution is -0.136. The standard InChI is InChI=1S/C19H26N2O4/c22-13-20-15-8-6-7-14(17(15)23)18(24)21-16-9-4-2-1-3-5-10-19(16)11-25-12-19/h6-8,13,16,23H,1-5,9-12H2,(H,20,22)(H,21,24). The maximum absolute atomic E-state index is 12.8. The molecule has 1 aromatic rings. The number of hydrogen-bond acceptors (Lipinski definition) is 4. The number of para-hydroxylation sites is 1. The van der Waals surface area contributed by atoms with E-state index < -0.39 is 0 Å². The zero-order valence-corrected chi connectivity index (χ0v) is 14.4. The van der Waals surface area contributed by atoms with Gasteiger partial charge in [-0.25, -0.2) is 0 Å². The highest BCUT2D eigenvalue weighted by atomic mass is 16.5. The van der Waals surface area contributed by atoms with Gasteiger partial charge < -0.3 is 20.5 Å². The SMILES string of the molecule is O=CNc1cccc(C(=O)NC2CCCCCCCC23COC3)c1O. The summed E-state index contributed by atoms with van der Waals surface area (Å²) in [5.41, 5.74) is 0.440. The summed E-state index contributed by atoms with van der Waals surface area (Å²) in [7, 11) is 0. The highest BCUT2D eigenvalue weighted by Gasteiger charge is 2.45. The molecule has 2 amide bonds. The van der Waals surface area contributed by atoms with Gasteiger partial charge in [-0.3, -0.25) is 9.59 Å². The molecule has 136 valence electrons. The molecule has 1 atom stereocenters. The van der Waals surface area contributed by atoms with E-state index in [2.05, 4.69) is 10.6 Å². The Balaban J connectivity index is 1.78. The van der Waals surface area contributed by atoms with Gasteiger partial charge >= 0.3 is 0 Å². The van der Waals surface area contributed by atoms with Gasteiger partial charge in [0.25, 0.3) is 5.91 Å². The molecule has 6 nitrogen and oxygen atoms in total. The van der Waals surface area contributed by atoms with E-state index in [9.17, 15) is 14.7 Å². The number of anilines is 1. The zero-order valence-electron chi connectivity index (χ0n) is 14.4. The predicted molar refractivity (Wildman–Crippen MR) is 94.6 cm³/mol. The molecule has 1 spiro atoms. The molecule has 1 aliphatic heterocycles. The Morgan fingerprint density at radius 2 is 1.96 bits per heavy atom. The molecule has 3 N–H and O–H groups in total. The Labute approximate surface area is 147 Å². The largest absolute Gasteiger partial charge is 0.505 e. The Hall–Kier alpha value is -2.08. The summed E-state index contributed by atoms with van der Waals surface area (Å²) in [6.07, 6.45) is 8.41. The van der Waals surface area contributed by atoms with Gasteiger partial charge in [0.1, 0.15) is 0 Å². The third-order valence-electron chi connectivity index (χ3n) is 5.49. The number of phenols is 1. The van der Waals surface area contributed by atoms with Gasteiger partial charge in [0.15, 0.2) is 5.75 Å². The predicted octanol–water partition coefficient (Wildman–Crippen LogP) is 2.82. The van der Waals surface area contributed by atoms with E-state index >= 15 is 0 Å². The van der Waals surface area contributed by atoms with Crippen LogP contribution in [0.1, 0.15) is 55.3 Å². The van der Waals surface area contributed by atoms with Crippen LogP contribution in [0.2, 0.25) is 0 Å². The van der Waals surface area contributed by atoms with Crippen molar-refractivity contribution < 1.29 is 19.4 Å². The van der Waals surface area contributed by atoms with Crippen LogP contribution in [0.15, 0.2) is 18.2 Å². The average molecular weight is 346 g/mol. The number of amides is 2. The molecular formula is C19H26N2O4. The minimum atomic E-state index is -0.303. The van der Waals surface area contributed by atoms with Crippen molar-refractivity contribution in [1.82, 2.24) is 5.32 Å². The molecule has 1 saturated carbocycles. The summed E-state index contributed by atoms with van der Waals surface area (Å²) in [6.45, 7) is 1.38. The summed E-state index contributed by atoms with van der Waals surface area (Å²) in [6, 6.07) is 4.82. The number of nitrogens with one attached hydrogen (secondary N) is 2. The Kier molecular flexibility index (Phi) is 5.58. The second-order valence-corrected chi connectivity index (χ2v) is 7.15. The number of hydrogen-bond donors (Lipinski definition) is 3. The molecule has 1 aliphatic carbocycles. The molecule has 1 aromatic carbocycles. The molecule has 0 aromatic heterocycles. The number of rotatable bonds is 4. The number of aromatic hydroxyl groups is 1. The molecule has 1 heterocycles. The first-order valence-electron chi connectivity index (χ1n) is 9.07. The second-order valence-electron chi connectivity index (χ2n) is 7.15. The number of carbonyl (C=O) groups is 2. The van der Waals surface area contributed by atoms with Crippen molar-refractivity contribution >= 4 is 18.0 Å². The van der Waals surface area contributed by atoms with Gasteiger partial charge in [-0.2, -0.15) is 0 Å². The first-order chi connectivity index (χ1) is 12.2. The molecule has 6 heteroatoms. The van der Waals surface area contributed by atoms with Crippen molar-refractivity contribution in [3.05, 3.63) is 23.8 Å². The number of phenolic OH excluding ortho intramolecular Hbond substituents is 1. The highest BCUT2D eigenvalue weighted by molar-refractivity contribution is 5.99. The van der Waals surface area contributed by atoms with Crippen LogP contribution in [0, 0.1) is 5.41 Å². The topological polar surface area (TPSA) is 87.7 Å². The van der Waals surface area contributed by atoms with E-state index in [0.29, 0.717) is 19.6 Å². The third-order valence-corrected chi connectivity index (χ3v) is 5.49. The Bertz CT molecular complexity index is 628. The molecule has 2 aliphatic rings. The van der Waals surface area contributed by atoms with Crippen molar-refractivity contribution in [2.75, 3.05) is 18.5 Å². The smallest absolute Gasteiger partial charge is 0.255 e. The molecule has 25 heavy (non-hydrogen) atoms. The molecule has 0 bridgehead atoms. The first-order valence-corrected chi connectivity index (χ1v) is 9.07. The summed E-state index contributed by atoms with van der Waals surface area (Å²) in [5, 5.41) is 15.8. The van der Waals surface area contributed by atoms with Crippen LogP contribution in [0.3, 0.4) is 0 Å². The van der Waals surface area contributed by atoms with Crippen LogP contribution in [-0.2, 0) is 9.53 Å². The van der Waals surface area contributed by atoms with Crippen molar-refractivity contribution in [3.8, 4) is 5.75 Å². The van der Waals surface area contributed by atoms with Gasteiger partial charge in [-0.1, -0.05) is 38.2 Å². The van der Waals surface area contributed by atoms with Gasteiger partial charge in [0, 0.05) is 11.5 Å². The molecule has 0 radical (unpaired) electrons. The molecule has 1 saturated heterocycles. The van der Waals surface area contributed by atoms with Gasteiger partial charge in [-0.15, -0.1) is 0 Å². The van der Waals surface area contributed by atoms with Crippen molar-refractivity contribution in [1.29, 1.82) is 0 Å². The van der Waals surface area contributed by atoms with Crippen molar-refractivity contribution in [2.45, 2.75) is 51.0 Å². The summed E-state index contributed by atoms with van der Waals surface area (Å²) in [5.74, 6) is -0.503. The lowest BCUT2D eigenvalue weighted by Gasteiger charge is -2.47. The fourth-order valence-corrected chi connectivity index (χ4v) is 3.91. The number of carbonyl (C=O) groups excluding carboxylic acids is 2. The minimum Gasteiger partial charge on any atom is -0.505 e. The van der Waals surface area contributed by atoms with E-state index in [4.69, 9.17) is 4.74 Å². The fourth-order valence-electron chi connectivity index (χ4n) is 3.91. The fraction of sp³-hybridized carbons (Fsp3) is 0.579. The monoisotopic (exact) mass is 346 g/mol. The summed E-state index contributed by atoms with van der Waals surface area (Å²) < 4.78 is 5.50. The van der Waals surface area contributed by atoms with E-state index in [0.717, 1.165) is 19.3 Å². The molecule has 2 fully saturated rings. The van der Waals surface area contributed by atoms with E-state index in [1.165, 1.54) is 25.7 Å². The van der Waals surface area contributed by atoms with E-state index in [1.54, 1.807) is 18.2 Å². The van der Waals surface area contributed by atoms with Crippen LogP contribution < -0.4 is 10.6 Å². The van der Waals surface area contributed by atoms with E-state index in [-0.39, 0.29) is 34.4 Å².